The molecule has 3 rings (SSSR count). The predicted octanol–water partition coefficient (Wildman–Crippen LogP) is 5.09. The second-order valence-corrected chi connectivity index (χ2v) is 13.9. The third-order valence-electron chi connectivity index (χ3n) is 6.32. The minimum Gasteiger partial charge on any atom is -0.495 e. The molecule has 1 N–H and O–H groups in total. The van der Waals surface area contributed by atoms with Gasteiger partial charge in [0.05, 0.1) is 19.1 Å². The topological polar surface area (TPSA) is 96.0 Å². The van der Waals surface area contributed by atoms with Crippen molar-refractivity contribution in [3.63, 3.8) is 0 Å². The van der Waals surface area contributed by atoms with Gasteiger partial charge in [-0.1, -0.05) is 64.5 Å². The van der Waals surface area contributed by atoms with Crippen LogP contribution in [0.25, 0.3) is 0 Å². The number of nitrogens with one attached hydrogen (secondary N) is 1. The quantitative estimate of drug-likeness (QED) is 0.314. The van der Waals surface area contributed by atoms with Gasteiger partial charge in [0, 0.05) is 23.0 Å². The maximum atomic E-state index is 14.2. The Hall–Kier alpha value is -3.37. The highest BCUT2D eigenvalue weighted by molar-refractivity contribution is 9.10. The van der Waals surface area contributed by atoms with Crippen molar-refractivity contribution >= 4 is 43.5 Å². The number of hydrogen-bond acceptors (Lipinski definition) is 5. The van der Waals surface area contributed by atoms with E-state index < -0.39 is 34.1 Å². The second-order valence-electron chi connectivity index (χ2n) is 11.0. The molecule has 0 spiro atoms. The molecule has 0 aromatic heterocycles. The van der Waals surface area contributed by atoms with E-state index >= 15 is 0 Å². The summed E-state index contributed by atoms with van der Waals surface area (Å²) in [5.74, 6) is -0.530. The number of methoxy groups -OCH3 is 1. The van der Waals surface area contributed by atoms with Crippen LogP contribution >= 0.6 is 15.9 Å². The third kappa shape index (κ3) is 9.33. The molecule has 41 heavy (non-hydrogen) atoms. The molecule has 1 atom stereocenters. The summed E-state index contributed by atoms with van der Waals surface area (Å²) in [5, 5.41) is 3.02. The van der Waals surface area contributed by atoms with E-state index in [1.807, 2.05) is 82.3 Å². The number of hydrogen-bond donors (Lipinski definition) is 1. The number of amides is 2. The van der Waals surface area contributed by atoms with Crippen LogP contribution in [0.5, 0.6) is 5.75 Å². The maximum absolute atomic E-state index is 14.2. The fourth-order valence-electron chi connectivity index (χ4n) is 4.38. The minimum absolute atomic E-state index is 0.101. The standard InChI is InChI=1S/C31H38BrN3O5S/c1-22-12-17-28(40-5)26(18-22)35(41(6,38)39)21-29(36)34(20-24-13-15-25(32)16-14-24)27(30(37)33-31(2,3)4)19-23-10-8-7-9-11-23/h7-18,27H,19-21H2,1-6H3,(H,33,37)/t27-/m0/s1. The summed E-state index contributed by atoms with van der Waals surface area (Å²) in [6, 6.07) is 21.1. The summed E-state index contributed by atoms with van der Waals surface area (Å²) in [7, 11) is -2.46. The molecule has 3 aromatic carbocycles. The monoisotopic (exact) mass is 643 g/mol. The van der Waals surface area contributed by atoms with Crippen LogP contribution in [-0.4, -0.2) is 56.6 Å². The Morgan fingerprint density at radius 1 is 0.976 bits per heavy atom. The van der Waals surface area contributed by atoms with Crippen LogP contribution < -0.4 is 14.4 Å². The molecule has 0 aliphatic heterocycles. The van der Waals surface area contributed by atoms with E-state index in [1.165, 1.54) is 12.0 Å². The lowest BCUT2D eigenvalue weighted by Gasteiger charge is -2.35. The van der Waals surface area contributed by atoms with Gasteiger partial charge in [-0.2, -0.15) is 0 Å². The van der Waals surface area contributed by atoms with Crippen molar-refractivity contribution in [1.82, 2.24) is 10.2 Å². The van der Waals surface area contributed by atoms with Crippen LogP contribution in [0.1, 0.15) is 37.5 Å². The molecule has 0 saturated heterocycles. The average molecular weight is 645 g/mol. The molecule has 0 radical (unpaired) electrons. The fourth-order valence-corrected chi connectivity index (χ4v) is 5.49. The normalized spacial score (nSPS) is 12.4. The highest BCUT2D eigenvalue weighted by atomic mass is 79.9. The Kier molecular flexibility index (Phi) is 10.6. The van der Waals surface area contributed by atoms with Crippen molar-refractivity contribution in [2.45, 2.75) is 52.2 Å². The molecular weight excluding hydrogens is 606 g/mol. The van der Waals surface area contributed by atoms with Gasteiger partial charge < -0.3 is 15.0 Å². The van der Waals surface area contributed by atoms with Crippen molar-refractivity contribution in [2.24, 2.45) is 0 Å². The second kappa shape index (κ2) is 13.5. The van der Waals surface area contributed by atoms with Gasteiger partial charge in [-0.3, -0.25) is 13.9 Å². The summed E-state index contributed by atoms with van der Waals surface area (Å²) in [4.78, 5) is 29.5. The molecule has 3 aromatic rings. The van der Waals surface area contributed by atoms with Crippen LogP contribution in [0, 0.1) is 6.92 Å². The Balaban J connectivity index is 2.11. The van der Waals surface area contributed by atoms with E-state index in [4.69, 9.17) is 4.74 Å². The number of anilines is 1. The smallest absolute Gasteiger partial charge is 0.244 e. The number of rotatable bonds is 11. The molecular formula is C31H38BrN3O5S. The van der Waals surface area contributed by atoms with E-state index in [0.717, 1.165) is 31.7 Å². The number of benzene rings is 3. The molecule has 2 amide bonds. The molecule has 0 fully saturated rings. The van der Waals surface area contributed by atoms with Gasteiger partial charge in [0.15, 0.2) is 0 Å². The zero-order chi connectivity index (χ0) is 30.4. The SMILES string of the molecule is COc1ccc(C)cc1N(CC(=O)N(Cc1ccc(Br)cc1)[C@@H](Cc1ccccc1)C(=O)NC(C)(C)C)S(C)(=O)=O. The lowest BCUT2D eigenvalue weighted by Crippen LogP contribution is -2.56. The zero-order valence-corrected chi connectivity index (χ0v) is 26.8. The number of sulfonamides is 1. The van der Waals surface area contributed by atoms with Gasteiger partial charge in [0.1, 0.15) is 18.3 Å². The first kappa shape index (κ1) is 32.1. The van der Waals surface area contributed by atoms with E-state index in [1.54, 1.807) is 18.2 Å². The van der Waals surface area contributed by atoms with Gasteiger partial charge in [0.25, 0.3) is 0 Å². The summed E-state index contributed by atoms with van der Waals surface area (Å²) < 4.78 is 33.5. The first-order valence-corrected chi connectivity index (χ1v) is 15.8. The number of aryl methyl sites for hydroxylation is 1. The van der Waals surface area contributed by atoms with Crippen LogP contribution in [-0.2, 0) is 32.6 Å². The van der Waals surface area contributed by atoms with Crippen LogP contribution in [0.4, 0.5) is 5.69 Å². The summed E-state index contributed by atoms with van der Waals surface area (Å²) in [5.41, 5.74) is 2.18. The molecule has 0 heterocycles. The van der Waals surface area contributed by atoms with E-state index in [2.05, 4.69) is 21.2 Å². The Morgan fingerprint density at radius 3 is 2.17 bits per heavy atom. The van der Waals surface area contributed by atoms with Crippen molar-refractivity contribution in [3.8, 4) is 5.75 Å². The highest BCUT2D eigenvalue weighted by Crippen LogP contribution is 2.31. The number of halogens is 1. The van der Waals surface area contributed by atoms with Gasteiger partial charge in [-0.15, -0.1) is 0 Å². The van der Waals surface area contributed by atoms with Crippen molar-refractivity contribution in [2.75, 3.05) is 24.2 Å². The number of ether oxygens (including phenoxy) is 1. The molecule has 0 aliphatic rings. The number of nitrogens with zero attached hydrogens (tertiary/aromatic N) is 2. The Morgan fingerprint density at radius 2 is 1.61 bits per heavy atom. The minimum atomic E-state index is -3.91. The predicted molar refractivity (Wildman–Crippen MR) is 166 cm³/mol. The molecule has 10 heteroatoms. The molecule has 220 valence electrons. The lowest BCUT2D eigenvalue weighted by atomic mass is 10.0. The third-order valence-corrected chi connectivity index (χ3v) is 7.97. The van der Waals surface area contributed by atoms with E-state index in [9.17, 15) is 18.0 Å². The summed E-state index contributed by atoms with van der Waals surface area (Å²) in [6.45, 7) is 7.05. The molecule has 0 aliphatic carbocycles. The molecule has 0 bridgehead atoms. The van der Waals surface area contributed by atoms with Gasteiger partial charge in [0.2, 0.25) is 21.8 Å². The Labute approximate surface area is 251 Å². The molecule has 0 saturated carbocycles. The number of carbonyl (C=O) groups excluding carboxylic acids is 2. The van der Waals surface area contributed by atoms with Crippen molar-refractivity contribution < 1.29 is 22.7 Å². The molecule has 0 unspecified atom stereocenters. The zero-order valence-electron chi connectivity index (χ0n) is 24.3. The first-order chi connectivity index (χ1) is 19.2. The summed E-state index contributed by atoms with van der Waals surface area (Å²) >= 11 is 3.44. The van der Waals surface area contributed by atoms with Crippen LogP contribution in [0.3, 0.4) is 0 Å². The Bertz CT molecular complexity index is 1460. The van der Waals surface area contributed by atoms with Crippen LogP contribution in [0.15, 0.2) is 77.3 Å². The van der Waals surface area contributed by atoms with Crippen LogP contribution in [0.2, 0.25) is 0 Å². The lowest BCUT2D eigenvalue weighted by molar-refractivity contribution is -0.140. The van der Waals surface area contributed by atoms with Gasteiger partial charge in [-0.25, -0.2) is 8.42 Å². The summed E-state index contributed by atoms with van der Waals surface area (Å²) in [6.07, 6.45) is 1.30. The first-order valence-electron chi connectivity index (χ1n) is 13.2. The highest BCUT2D eigenvalue weighted by Gasteiger charge is 2.35. The van der Waals surface area contributed by atoms with Crippen molar-refractivity contribution in [1.29, 1.82) is 0 Å². The molecule has 8 nitrogen and oxygen atoms in total. The number of carbonyl (C=O) groups is 2. The fraction of sp³-hybridized carbons (Fsp3) is 0.355. The van der Waals surface area contributed by atoms with E-state index in [0.29, 0.717) is 5.75 Å². The average Bonchev–Trinajstić information content (AvgIpc) is 2.89. The van der Waals surface area contributed by atoms with E-state index in [-0.39, 0.29) is 24.6 Å². The van der Waals surface area contributed by atoms with Gasteiger partial charge >= 0.3 is 0 Å². The van der Waals surface area contributed by atoms with Gasteiger partial charge in [-0.05, 0) is 68.7 Å². The maximum Gasteiger partial charge on any atom is 0.244 e. The van der Waals surface area contributed by atoms with Crippen molar-refractivity contribution in [3.05, 3.63) is 94.0 Å². The largest absolute Gasteiger partial charge is 0.495 e.